The predicted octanol–water partition coefficient (Wildman–Crippen LogP) is 2.82. The molecule has 0 radical (unpaired) electrons. The molecule has 0 N–H and O–H groups in total. The van der Waals surface area contributed by atoms with Gasteiger partial charge in [-0.2, -0.15) is 18.3 Å². The lowest BCUT2D eigenvalue weighted by Crippen LogP contribution is -2.42. The van der Waals surface area contributed by atoms with E-state index in [2.05, 4.69) is 10.1 Å². The topological polar surface area (TPSA) is 48.7 Å². The molecule has 5 nitrogen and oxygen atoms in total. The van der Waals surface area contributed by atoms with E-state index >= 15 is 0 Å². The molecule has 2 aromatic heterocycles. The average molecular weight is 331 g/mol. The molecule has 0 aliphatic heterocycles. The smallest absolute Gasteiger partial charge is 0.384 e. The fourth-order valence-corrected chi connectivity index (χ4v) is 1.93. The van der Waals surface area contributed by atoms with E-state index in [1.54, 1.807) is 24.0 Å². The first-order valence-corrected chi connectivity index (χ1v) is 7.26. The van der Waals surface area contributed by atoms with E-state index in [4.69, 9.17) is 9.47 Å². The molecule has 0 atom stereocenters. The molecular formula is C15H20F3N3O2. The van der Waals surface area contributed by atoms with Crippen molar-refractivity contribution in [2.75, 3.05) is 20.3 Å². The maximum atomic E-state index is 12.7. The van der Waals surface area contributed by atoms with Gasteiger partial charge in [0.1, 0.15) is 0 Å². The second-order valence-electron chi connectivity index (χ2n) is 5.75. The van der Waals surface area contributed by atoms with Crippen molar-refractivity contribution in [1.82, 2.24) is 14.6 Å². The van der Waals surface area contributed by atoms with Crippen molar-refractivity contribution in [3.05, 3.63) is 29.7 Å². The number of methoxy groups -OCH3 is 1. The van der Waals surface area contributed by atoms with Crippen LogP contribution in [0.25, 0.3) is 5.65 Å². The number of imidazole rings is 1. The van der Waals surface area contributed by atoms with E-state index in [9.17, 15) is 13.2 Å². The molecule has 2 aromatic rings. The number of alkyl halides is 3. The lowest BCUT2D eigenvalue weighted by molar-refractivity contribution is -0.263. The van der Waals surface area contributed by atoms with Crippen LogP contribution in [0.3, 0.4) is 0 Å². The highest BCUT2D eigenvalue weighted by Crippen LogP contribution is 2.32. The van der Waals surface area contributed by atoms with Gasteiger partial charge in [-0.3, -0.25) is 0 Å². The SMILES string of the molecule is COCCc1cnn2cc(CCOC(C)(C)C(F)(F)F)nc2c1. The number of ether oxygens (including phenoxy) is 2. The van der Waals surface area contributed by atoms with E-state index in [0.29, 0.717) is 17.9 Å². The van der Waals surface area contributed by atoms with Gasteiger partial charge in [0.05, 0.1) is 31.3 Å². The van der Waals surface area contributed by atoms with Crippen molar-refractivity contribution >= 4 is 5.65 Å². The second-order valence-corrected chi connectivity index (χ2v) is 5.75. The molecule has 0 spiro atoms. The summed E-state index contributed by atoms with van der Waals surface area (Å²) < 4.78 is 49.7. The fourth-order valence-electron chi connectivity index (χ4n) is 1.93. The largest absolute Gasteiger partial charge is 0.416 e. The molecular weight excluding hydrogens is 311 g/mol. The fraction of sp³-hybridized carbons (Fsp3) is 0.600. The monoisotopic (exact) mass is 331 g/mol. The lowest BCUT2D eigenvalue weighted by Gasteiger charge is -2.27. The van der Waals surface area contributed by atoms with Crippen LogP contribution < -0.4 is 0 Å². The quantitative estimate of drug-likeness (QED) is 0.783. The molecule has 0 aromatic carbocycles. The van der Waals surface area contributed by atoms with E-state index in [1.807, 2.05) is 6.07 Å². The molecule has 0 amide bonds. The lowest BCUT2D eigenvalue weighted by atomic mass is 10.1. The van der Waals surface area contributed by atoms with E-state index in [-0.39, 0.29) is 13.0 Å². The van der Waals surface area contributed by atoms with Crippen LogP contribution in [-0.4, -0.2) is 46.7 Å². The molecule has 0 aliphatic rings. The number of aromatic nitrogens is 3. The van der Waals surface area contributed by atoms with Crippen LogP contribution in [0.2, 0.25) is 0 Å². The van der Waals surface area contributed by atoms with Gasteiger partial charge >= 0.3 is 6.18 Å². The van der Waals surface area contributed by atoms with Gasteiger partial charge in [-0.05, 0) is 31.9 Å². The molecule has 0 bridgehead atoms. The minimum Gasteiger partial charge on any atom is -0.384 e. The third-order valence-electron chi connectivity index (χ3n) is 3.53. The Hall–Kier alpha value is -1.67. The Morgan fingerprint density at radius 1 is 1.17 bits per heavy atom. The molecule has 23 heavy (non-hydrogen) atoms. The highest BCUT2D eigenvalue weighted by atomic mass is 19.4. The minimum absolute atomic E-state index is 0.0626. The first kappa shape index (κ1) is 17.7. The first-order chi connectivity index (χ1) is 10.7. The van der Waals surface area contributed by atoms with Crippen molar-refractivity contribution in [2.45, 2.75) is 38.5 Å². The van der Waals surface area contributed by atoms with Gasteiger partial charge in [0.15, 0.2) is 11.2 Å². The van der Waals surface area contributed by atoms with Gasteiger partial charge in [0.2, 0.25) is 0 Å². The zero-order valence-corrected chi connectivity index (χ0v) is 13.4. The Bertz CT molecular complexity index is 653. The van der Waals surface area contributed by atoms with Crippen molar-refractivity contribution in [3.8, 4) is 0 Å². The molecule has 0 fully saturated rings. The molecule has 2 heterocycles. The van der Waals surface area contributed by atoms with E-state index in [0.717, 1.165) is 25.8 Å². The number of nitrogens with zero attached hydrogens (tertiary/aromatic N) is 3. The highest BCUT2D eigenvalue weighted by molar-refractivity contribution is 5.40. The van der Waals surface area contributed by atoms with Crippen LogP contribution in [-0.2, 0) is 22.3 Å². The number of hydrogen-bond donors (Lipinski definition) is 0. The summed E-state index contributed by atoms with van der Waals surface area (Å²) in [5, 5.41) is 4.23. The van der Waals surface area contributed by atoms with Gasteiger partial charge in [0.25, 0.3) is 0 Å². The number of hydrogen-bond acceptors (Lipinski definition) is 4. The number of rotatable bonds is 7. The normalized spacial score (nSPS) is 13.0. The first-order valence-electron chi connectivity index (χ1n) is 7.26. The van der Waals surface area contributed by atoms with Crippen LogP contribution in [0, 0.1) is 0 Å². The zero-order chi connectivity index (χ0) is 17.1. The maximum absolute atomic E-state index is 12.7. The summed E-state index contributed by atoms with van der Waals surface area (Å²) in [5.74, 6) is 0. The Kier molecular flexibility index (Phi) is 5.26. The minimum atomic E-state index is -4.40. The summed E-state index contributed by atoms with van der Waals surface area (Å²) in [5.41, 5.74) is 0.117. The predicted molar refractivity (Wildman–Crippen MR) is 78.4 cm³/mol. The summed E-state index contributed by atoms with van der Waals surface area (Å²) in [4.78, 5) is 4.36. The Labute approximate surface area is 132 Å². The third kappa shape index (κ3) is 4.42. The zero-order valence-electron chi connectivity index (χ0n) is 13.4. The average Bonchev–Trinajstić information content (AvgIpc) is 2.85. The third-order valence-corrected chi connectivity index (χ3v) is 3.53. The van der Waals surface area contributed by atoms with Gasteiger partial charge < -0.3 is 9.47 Å². The Balaban J connectivity index is 1.98. The van der Waals surface area contributed by atoms with Gasteiger partial charge in [0, 0.05) is 13.5 Å². The van der Waals surface area contributed by atoms with Crippen LogP contribution in [0.15, 0.2) is 18.5 Å². The van der Waals surface area contributed by atoms with Crippen LogP contribution in [0.4, 0.5) is 13.2 Å². The van der Waals surface area contributed by atoms with Crippen molar-refractivity contribution < 1.29 is 22.6 Å². The Morgan fingerprint density at radius 3 is 2.57 bits per heavy atom. The van der Waals surface area contributed by atoms with Gasteiger partial charge in [-0.15, -0.1) is 0 Å². The summed E-state index contributed by atoms with van der Waals surface area (Å²) in [7, 11) is 1.63. The van der Waals surface area contributed by atoms with Crippen LogP contribution >= 0.6 is 0 Å². The van der Waals surface area contributed by atoms with E-state index in [1.165, 1.54) is 0 Å². The van der Waals surface area contributed by atoms with Crippen molar-refractivity contribution in [1.29, 1.82) is 0 Å². The highest BCUT2D eigenvalue weighted by Gasteiger charge is 2.48. The molecule has 0 unspecified atom stereocenters. The van der Waals surface area contributed by atoms with Gasteiger partial charge in [-0.25, -0.2) is 9.50 Å². The molecule has 8 heteroatoms. The van der Waals surface area contributed by atoms with E-state index < -0.39 is 11.8 Å². The Morgan fingerprint density at radius 2 is 1.91 bits per heavy atom. The standard InChI is InChI=1S/C15H20F3N3O2/c1-14(2,15(16,17)18)23-7-5-12-10-21-13(20-12)8-11(9-19-21)4-6-22-3/h8-10H,4-7H2,1-3H3. The van der Waals surface area contributed by atoms with Gasteiger partial charge in [-0.1, -0.05) is 0 Å². The second kappa shape index (κ2) is 6.84. The summed E-state index contributed by atoms with van der Waals surface area (Å²) >= 11 is 0. The van der Waals surface area contributed by atoms with Crippen LogP contribution in [0.5, 0.6) is 0 Å². The molecule has 0 saturated carbocycles. The molecule has 2 rings (SSSR count). The molecule has 128 valence electrons. The maximum Gasteiger partial charge on any atom is 0.416 e. The number of halogens is 3. The summed E-state index contributed by atoms with van der Waals surface area (Å²) in [6.07, 6.45) is 0.0329. The number of fused-ring (bicyclic) bond motifs is 1. The van der Waals surface area contributed by atoms with Crippen LogP contribution in [0.1, 0.15) is 25.1 Å². The van der Waals surface area contributed by atoms with Crippen molar-refractivity contribution in [3.63, 3.8) is 0 Å². The molecule has 0 aliphatic carbocycles. The summed E-state index contributed by atoms with van der Waals surface area (Å²) in [6.45, 7) is 2.55. The molecule has 0 saturated heterocycles. The summed E-state index contributed by atoms with van der Waals surface area (Å²) in [6, 6.07) is 1.88. The van der Waals surface area contributed by atoms with Crippen molar-refractivity contribution in [2.24, 2.45) is 0 Å².